The van der Waals surface area contributed by atoms with E-state index in [9.17, 15) is 24.3 Å². The van der Waals surface area contributed by atoms with Gasteiger partial charge in [0.25, 0.3) is 0 Å². The summed E-state index contributed by atoms with van der Waals surface area (Å²) in [5.74, 6) is -3.73. The predicted molar refractivity (Wildman–Crippen MR) is 142 cm³/mol. The van der Waals surface area contributed by atoms with Crippen LogP contribution in [0.15, 0.2) is 22.8 Å². The molecule has 9 heteroatoms. The van der Waals surface area contributed by atoms with E-state index in [1.807, 2.05) is 0 Å². The van der Waals surface area contributed by atoms with Crippen LogP contribution in [0, 0.1) is 11.8 Å². The molecule has 1 saturated carbocycles. The van der Waals surface area contributed by atoms with Crippen molar-refractivity contribution in [2.45, 2.75) is 129 Å². The van der Waals surface area contributed by atoms with E-state index in [1.54, 1.807) is 40.7 Å². The monoisotopic (exact) mass is 548 g/mol. The minimum atomic E-state index is -1.56. The fraction of sp³-hybridized carbons (Fsp3) is 0.733. The van der Waals surface area contributed by atoms with E-state index in [4.69, 9.17) is 18.9 Å². The van der Waals surface area contributed by atoms with E-state index in [-0.39, 0.29) is 19.3 Å². The van der Waals surface area contributed by atoms with E-state index in [2.05, 4.69) is 6.92 Å². The number of allylic oxidation sites excluding steroid dienone is 1. The van der Waals surface area contributed by atoms with Gasteiger partial charge in [0.1, 0.15) is 11.2 Å². The van der Waals surface area contributed by atoms with Crippen molar-refractivity contribution in [3.05, 3.63) is 22.8 Å². The normalized spacial score (nSPS) is 34.1. The standard InChI is InChI=1S/C30H44O9/c1-8-10-11-12-13-14-21(32)36-25-23-22(18(4)24(25)37-27(33)17(3)9-2)26-30(35,19(5)28(34)38-26)16-15-29(23,7)39-20(6)31/h9,19,23-26,35H,8,10-16H2,1-7H3/b17-9-. The van der Waals surface area contributed by atoms with Crippen LogP contribution in [0.4, 0.5) is 0 Å². The summed E-state index contributed by atoms with van der Waals surface area (Å²) in [4.78, 5) is 51.0. The van der Waals surface area contributed by atoms with Gasteiger partial charge in [-0.25, -0.2) is 4.79 Å². The third-order valence-electron chi connectivity index (χ3n) is 8.72. The number of fused-ring (bicyclic) bond motifs is 3. The number of esters is 4. The van der Waals surface area contributed by atoms with Crippen molar-refractivity contribution in [2.24, 2.45) is 11.8 Å². The molecule has 0 bridgehead atoms. The SMILES string of the molecule is C/C=C(/C)C(=O)OC1C(C)=C2C(C1OC(=O)CCCCCCC)C(C)(OC(C)=O)CCC1(O)C(C)C(=O)OC21. The zero-order chi connectivity index (χ0) is 29.1. The van der Waals surface area contributed by atoms with Gasteiger partial charge in [0.2, 0.25) is 0 Å². The highest BCUT2D eigenvalue weighted by molar-refractivity contribution is 5.88. The Bertz CT molecular complexity index is 1040. The van der Waals surface area contributed by atoms with Crippen LogP contribution in [0.3, 0.4) is 0 Å². The third kappa shape index (κ3) is 6.08. The summed E-state index contributed by atoms with van der Waals surface area (Å²) < 4.78 is 23.6. The molecule has 218 valence electrons. The second-order valence-corrected chi connectivity index (χ2v) is 11.5. The summed E-state index contributed by atoms with van der Waals surface area (Å²) in [7, 11) is 0. The number of hydrogen-bond donors (Lipinski definition) is 1. The van der Waals surface area contributed by atoms with Gasteiger partial charge in [-0.1, -0.05) is 38.7 Å². The lowest BCUT2D eigenvalue weighted by Crippen LogP contribution is -2.49. The van der Waals surface area contributed by atoms with Crippen LogP contribution < -0.4 is 0 Å². The number of rotatable bonds is 10. The highest BCUT2D eigenvalue weighted by Crippen LogP contribution is 2.56. The maximum atomic E-state index is 13.1. The quantitative estimate of drug-likeness (QED) is 0.138. The number of carbonyl (C=O) groups excluding carboxylic acids is 4. The van der Waals surface area contributed by atoms with Crippen LogP contribution >= 0.6 is 0 Å². The Morgan fingerprint density at radius 3 is 2.38 bits per heavy atom. The number of ether oxygens (including phenoxy) is 4. The molecule has 0 amide bonds. The minimum absolute atomic E-state index is 0.127. The molecule has 1 N–H and O–H groups in total. The molecule has 0 aromatic heterocycles. The van der Waals surface area contributed by atoms with Crippen LogP contribution in [0.5, 0.6) is 0 Å². The Balaban J connectivity index is 2.07. The van der Waals surface area contributed by atoms with Crippen LogP contribution in [-0.4, -0.2) is 58.5 Å². The Morgan fingerprint density at radius 1 is 1.10 bits per heavy atom. The lowest BCUT2D eigenvalue weighted by atomic mass is 9.79. The molecule has 0 aromatic rings. The summed E-state index contributed by atoms with van der Waals surface area (Å²) in [6.45, 7) is 11.8. The molecule has 9 nitrogen and oxygen atoms in total. The van der Waals surface area contributed by atoms with Crippen LogP contribution in [0.2, 0.25) is 0 Å². The molecule has 3 rings (SSSR count). The van der Waals surface area contributed by atoms with Gasteiger partial charge in [0, 0.05) is 18.9 Å². The Morgan fingerprint density at radius 2 is 1.77 bits per heavy atom. The molecule has 3 aliphatic rings. The van der Waals surface area contributed by atoms with Gasteiger partial charge in [0.15, 0.2) is 18.3 Å². The molecule has 1 saturated heterocycles. The molecule has 39 heavy (non-hydrogen) atoms. The molecular formula is C30H44O9. The van der Waals surface area contributed by atoms with Crippen LogP contribution in [-0.2, 0) is 38.1 Å². The van der Waals surface area contributed by atoms with Gasteiger partial charge < -0.3 is 24.1 Å². The summed E-state index contributed by atoms with van der Waals surface area (Å²) in [5, 5.41) is 11.8. The first kappa shape index (κ1) is 30.9. The number of carbonyl (C=O) groups is 4. The van der Waals surface area contributed by atoms with Gasteiger partial charge >= 0.3 is 23.9 Å². The van der Waals surface area contributed by atoms with Gasteiger partial charge in [-0.15, -0.1) is 0 Å². The third-order valence-corrected chi connectivity index (χ3v) is 8.72. The fourth-order valence-corrected chi connectivity index (χ4v) is 6.23. The zero-order valence-electron chi connectivity index (χ0n) is 24.3. The average Bonchev–Trinajstić information content (AvgIpc) is 3.23. The molecule has 2 fully saturated rings. The van der Waals surface area contributed by atoms with Crippen molar-refractivity contribution in [1.29, 1.82) is 0 Å². The maximum absolute atomic E-state index is 13.1. The van der Waals surface area contributed by atoms with Gasteiger partial charge in [-0.3, -0.25) is 14.4 Å². The van der Waals surface area contributed by atoms with Crippen molar-refractivity contribution >= 4 is 23.9 Å². The average molecular weight is 549 g/mol. The fourth-order valence-electron chi connectivity index (χ4n) is 6.23. The Labute approximate surface area is 231 Å². The molecule has 7 unspecified atom stereocenters. The zero-order valence-corrected chi connectivity index (χ0v) is 24.3. The molecule has 0 aromatic carbocycles. The van der Waals surface area contributed by atoms with Crippen molar-refractivity contribution in [3.63, 3.8) is 0 Å². The van der Waals surface area contributed by atoms with E-state index in [0.29, 0.717) is 23.1 Å². The number of unbranched alkanes of at least 4 members (excludes halogenated alkanes) is 4. The largest absolute Gasteiger partial charge is 0.459 e. The molecule has 1 aliphatic heterocycles. The lowest BCUT2D eigenvalue weighted by Gasteiger charge is -2.39. The van der Waals surface area contributed by atoms with Gasteiger partial charge in [-0.05, 0) is 65.0 Å². The highest BCUT2D eigenvalue weighted by atomic mass is 16.6. The molecule has 0 spiro atoms. The molecular weight excluding hydrogens is 504 g/mol. The smallest absolute Gasteiger partial charge is 0.334 e. The summed E-state index contributed by atoms with van der Waals surface area (Å²) >= 11 is 0. The van der Waals surface area contributed by atoms with E-state index < -0.39 is 65.2 Å². The Hall–Kier alpha value is -2.68. The highest BCUT2D eigenvalue weighted by Gasteiger charge is 2.66. The first-order valence-electron chi connectivity index (χ1n) is 14.2. The predicted octanol–water partition coefficient (Wildman–Crippen LogP) is 4.49. The van der Waals surface area contributed by atoms with Crippen molar-refractivity contribution in [1.82, 2.24) is 0 Å². The first-order chi connectivity index (χ1) is 18.3. The van der Waals surface area contributed by atoms with E-state index in [0.717, 1.165) is 25.7 Å². The second-order valence-electron chi connectivity index (χ2n) is 11.5. The van der Waals surface area contributed by atoms with Crippen LogP contribution in [0.25, 0.3) is 0 Å². The minimum Gasteiger partial charge on any atom is -0.459 e. The van der Waals surface area contributed by atoms with Crippen molar-refractivity contribution in [2.75, 3.05) is 0 Å². The van der Waals surface area contributed by atoms with Crippen molar-refractivity contribution < 1.29 is 43.2 Å². The molecule has 2 aliphatic carbocycles. The topological polar surface area (TPSA) is 125 Å². The summed E-state index contributed by atoms with van der Waals surface area (Å²) in [6.07, 6.45) is 3.80. The van der Waals surface area contributed by atoms with Crippen LogP contribution in [0.1, 0.15) is 99.8 Å². The lowest BCUT2D eigenvalue weighted by molar-refractivity contribution is -0.181. The summed E-state index contributed by atoms with van der Waals surface area (Å²) in [5.41, 5.74) is -1.41. The van der Waals surface area contributed by atoms with Gasteiger partial charge in [-0.2, -0.15) is 0 Å². The van der Waals surface area contributed by atoms with E-state index >= 15 is 0 Å². The molecule has 0 radical (unpaired) electrons. The molecule has 1 heterocycles. The number of hydrogen-bond acceptors (Lipinski definition) is 9. The first-order valence-corrected chi connectivity index (χ1v) is 14.2. The molecule has 7 atom stereocenters. The van der Waals surface area contributed by atoms with E-state index in [1.165, 1.54) is 6.92 Å². The number of aliphatic hydroxyl groups is 1. The Kier molecular flexibility index (Phi) is 9.68. The second kappa shape index (κ2) is 12.2. The van der Waals surface area contributed by atoms with Gasteiger partial charge in [0.05, 0.1) is 11.8 Å². The summed E-state index contributed by atoms with van der Waals surface area (Å²) in [6, 6.07) is 0. The maximum Gasteiger partial charge on any atom is 0.334 e. The van der Waals surface area contributed by atoms with Crippen molar-refractivity contribution in [3.8, 4) is 0 Å².